The molecule has 11 nitrogen and oxygen atoms in total. The molecule has 2 aromatic carbocycles. The maximum Gasteiger partial charge on any atom is 0.407 e. The number of hydrogen-bond acceptors (Lipinski definition) is 7. The highest BCUT2D eigenvalue weighted by molar-refractivity contribution is 5.65. The second kappa shape index (κ2) is 11.5. The minimum absolute atomic E-state index is 0.220. The van der Waals surface area contributed by atoms with Crippen molar-refractivity contribution in [3.8, 4) is 11.4 Å². The number of hydrogen-bond donors (Lipinski definition) is 2. The third kappa shape index (κ3) is 5.97. The van der Waals surface area contributed by atoms with E-state index in [0.29, 0.717) is 56.1 Å². The highest BCUT2D eigenvalue weighted by Gasteiger charge is 2.37. The van der Waals surface area contributed by atoms with Gasteiger partial charge in [0.25, 0.3) is 5.56 Å². The largest absolute Gasteiger partial charge is 0.465 e. The molecule has 1 aliphatic carbocycles. The molecule has 6 rings (SSSR count). The maximum atomic E-state index is 13.6. The van der Waals surface area contributed by atoms with Gasteiger partial charge in [0.2, 0.25) is 0 Å². The van der Waals surface area contributed by atoms with E-state index in [1.165, 1.54) is 17.0 Å². The molecule has 0 bridgehead atoms. The zero-order valence-corrected chi connectivity index (χ0v) is 22.4. The molecule has 1 saturated carbocycles. The molecule has 4 aromatic rings. The van der Waals surface area contributed by atoms with Crippen LogP contribution in [0.15, 0.2) is 71.9 Å². The summed E-state index contributed by atoms with van der Waals surface area (Å²) in [5.41, 5.74) is 3.22. The van der Waals surface area contributed by atoms with Crippen molar-refractivity contribution in [1.29, 1.82) is 0 Å². The lowest BCUT2D eigenvalue weighted by Crippen LogP contribution is -2.50. The lowest BCUT2D eigenvalue weighted by molar-refractivity contribution is 0.142. The first-order chi connectivity index (χ1) is 20.0. The van der Waals surface area contributed by atoms with E-state index in [-0.39, 0.29) is 11.4 Å². The summed E-state index contributed by atoms with van der Waals surface area (Å²) in [5, 5.41) is 20.8. The van der Waals surface area contributed by atoms with Crippen LogP contribution in [0.25, 0.3) is 11.4 Å². The van der Waals surface area contributed by atoms with Crippen LogP contribution in [0, 0.1) is 5.82 Å². The van der Waals surface area contributed by atoms with Crippen molar-refractivity contribution in [2.45, 2.75) is 31.2 Å². The van der Waals surface area contributed by atoms with E-state index in [1.54, 1.807) is 27.8 Å². The number of nitrogens with zero attached hydrogens (tertiary/aromatic N) is 7. The van der Waals surface area contributed by atoms with Gasteiger partial charge in [0.15, 0.2) is 5.82 Å². The highest BCUT2D eigenvalue weighted by atomic mass is 19.1. The van der Waals surface area contributed by atoms with Gasteiger partial charge in [0.1, 0.15) is 5.82 Å². The Kier molecular flexibility index (Phi) is 7.47. The molecule has 41 heavy (non-hydrogen) atoms. The Morgan fingerprint density at radius 3 is 2.44 bits per heavy atom. The van der Waals surface area contributed by atoms with Gasteiger partial charge in [0.05, 0.1) is 23.8 Å². The quantitative estimate of drug-likeness (QED) is 0.301. The lowest BCUT2D eigenvalue weighted by Gasteiger charge is -2.33. The van der Waals surface area contributed by atoms with Gasteiger partial charge in [-0.15, -0.1) is 5.10 Å². The first-order valence-electron chi connectivity index (χ1n) is 13.8. The number of aryl methyl sites for hydroxylation is 1. The van der Waals surface area contributed by atoms with Crippen LogP contribution in [-0.2, 0) is 6.42 Å². The molecular weight excluding hydrogens is 527 g/mol. The zero-order valence-electron chi connectivity index (χ0n) is 22.4. The van der Waals surface area contributed by atoms with Gasteiger partial charge in [-0.1, -0.05) is 17.3 Å². The lowest BCUT2D eigenvalue weighted by atomic mass is 10.1. The Bertz CT molecular complexity index is 1550. The molecule has 0 unspecified atom stereocenters. The van der Waals surface area contributed by atoms with Crippen LogP contribution >= 0.6 is 0 Å². The number of carboxylic acid groups (broad SMARTS) is 1. The Balaban J connectivity index is 1.17. The topological polar surface area (TPSA) is 121 Å². The van der Waals surface area contributed by atoms with Crippen LogP contribution in [0.1, 0.15) is 30.0 Å². The third-order valence-corrected chi connectivity index (χ3v) is 7.71. The van der Waals surface area contributed by atoms with Gasteiger partial charge < -0.3 is 20.2 Å². The molecule has 2 aliphatic rings. The first-order valence-corrected chi connectivity index (χ1v) is 13.8. The van der Waals surface area contributed by atoms with Crippen molar-refractivity contribution in [1.82, 2.24) is 34.8 Å². The van der Waals surface area contributed by atoms with Crippen molar-refractivity contribution in [2.24, 2.45) is 0 Å². The number of amides is 1. The van der Waals surface area contributed by atoms with Crippen LogP contribution in [-0.4, -0.2) is 79.4 Å². The van der Waals surface area contributed by atoms with Gasteiger partial charge in [-0.05, 0) is 67.8 Å². The van der Waals surface area contributed by atoms with Gasteiger partial charge in [-0.2, -0.15) is 0 Å². The number of rotatable bonds is 9. The molecule has 2 atom stereocenters. The Hall–Kier alpha value is -4.58. The Labute approximate surface area is 235 Å². The molecule has 2 N–H and O–H groups in total. The monoisotopic (exact) mass is 558 g/mol. The SMILES string of the molecule is O=C(O)N1CCN(c2nc(CCCN[C@@H]3C[C@H]3c3ccc(F)cc3)cn(-c3ccc(-n4ccnn4)cc3)c2=O)CC1. The summed E-state index contributed by atoms with van der Waals surface area (Å²) < 4.78 is 16.5. The van der Waals surface area contributed by atoms with Crippen molar-refractivity contribution in [3.63, 3.8) is 0 Å². The average Bonchev–Trinajstić information content (AvgIpc) is 3.55. The number of aromatic nitrogens is 5. The molecule has 0 radical (unpaired) electrons. The number of anilines is 1. The third-order valence-electron chi connectivity index (χ3n) is 7.71. The summed E-state index contributed by atoms with van der Waals surface area (Å²) in [4.78, 5) is 33.0. The average molecular weight is 559 g/mol. The fraction of sp³-hybridized carbons (Fsp3) is 0.345. The summed E-state index contributed by atoms with van der Waals surface area (Å²) in [6.07, 6.45) is 6.72. The smallest absolute Gasteiger partial charge is 0.407 e. The van der Waals surface area contributed by atoms with Crippen molar-refractivity contribution >= 4 is 11.9 Å². The van der Waals surface area contributed by atoms with E-state index in [9.17, 15) is 19.1 Å². The second-order valence-electron chi connectivity index (χ2n) is 10.4. The summed E-state index contributed by atoms with van der Waals surface area (Å²) in [7, 11) is 0. The van der Waals surface area contributed by atoms with Gasteiger partial charge in [-0.25, -0.2) is 18.9 Å². The van der Waals surface area contributed by atoms with E-state index in [1.807, 2.05) is 41.3 Å². The van der Waals surface area contributed by atoms with Gasteiger partial charge in [-0.3, -0.25) is 9.36 Å². The van der Waals surface area contributed by atoms with Crippen molar-refractivity contribution in [3.05, 3.63) is 94.5 Å². The summed E-state index contributed by atoms with van der Waals surface area (Å²) in [5.74, 6) is 0.522. The van der Waals surface area contributed by atoms with E-state index in [0.717, 1.165) is 36.3 Å². The van der Waals surface area contributed by atoms with E-state index < -0.39 is 6.09 Å². The zero-order chi connectivity index (χ0) is 28.3. The first kappa shape index (κ1) is 26.6. The fourth-order valence-electron chi connectivity index (χ4n) is 5.32. The Morgan fingerprint density at radius 1 is 1.02 bits per heavy atom. The maximum absolute atomic E-state index is 13.6. The molecule has 212 valence electrons. The summed E-state index contributed by atoms with van der Waals surface area (Å²) in [6, 6.07) is 14.6. The number of benzene rings is 2. The van der Waals surface area contributed by atoms with Crippen LogP contribution in [0.3, 0.4) is 0 Å². The fourth-order valence-corrected chi connectivity index (χ4v) is 5.32. The standard InChI is InChI=1S/C29H31FN8O3/c30-21-5-3-20(4-6-21)25-18-26(25)31-11-1-2-22-19-37(23-7-9-24(10-8-23)38-13-12-32-34-38)28(39)27(33-22)35-14-16-36(17-15-35)29(40)41/h3-10,12-13,19,25-26,31H,1-2,11,14-18H2,(H,40,41)/t25-,26+/m0/s1. The molecular formula is C29H31FN8O3. The number of piperazine rings is 1. The molecule has 1 saturated heterocycles. The summed E-state index contributed by atoms with van der Waals surface area (Å²) in [6.45, 7) is 2.22. The van der Waals surface area contributed by atoms with Gasteiger partial charge in [0, 0.05) is 50.0 Å². The van der Waals surface area contributed by atoms with Gasteiger partial charge >= 0.3 is 6.09 Å². The van der Waals surface area contributed by atoms with Crippen LogP contribution in [0.4, 0.5) is 15.0 Å². The van der Waals surface area contributed by atoms with Crippen LogP contribution in [0.5, 0.6) is 0 Å². The molecule has 2 aromatic heterocycles. The molecule has 2 fully saturated rings. The Morgan fingerprint density at radius 2 is 1.76 bits per heavy atom. The molecule has 3 heterocycles. The van der Waals surface area contributed by atoms with Crippen LogP contribution < -0.4 is 15.8 Å². The molecule has 0 spiro atoms. The van der Waals surface area contributed by atoms with E-state index in [4.69, 9.17) is 4.98 Å². The predicted octanol–water partition coefficient (Wildman–Crippen LogP) is 2.83. The number of nitrogens with one attached hydrogen (secondary N) is 1. The minimum atomic E-state index is -0.957. The molecule has 1 amide bonds. The van der Waals surface area contributed by atoms with Crippen LogP contribution in [0.2, 0.25) is 0 Å². The minimum Gasteiger partial charge on any atom is -0.465 e. The number of carbonyl (C=O) groups is 1. The van der Waals surface area contributed by atoms with Crippen molar-refractivity contribution in [2.75, 3.05) is 37.6 Å². The second-order valence-corrected chi connectivity index (χ2v) is 10.4. The van der Waals surface area contributed by atoms with Crippen molar-refractivity contribution < 1.29 is 14.3 Å². The summed E-state index contributed by atoms with van der Waals surface area (Å²) >= 11 is 0. The number of halogens is 1. The highest BCUT2D eigenvalue weighted by Crippen LogP contribution is 2.40. The normalized spacial score (nSPS) is 18.5. The van der Waals surface area contributed by atoms with E-state index in [2.05, 4.69) is 15.6 Å². The molecule has 12 heteroatoms. The van der Waals surface area contributed by atoms with E-state index >= 15 is 0 Å². The molecule has 1 aliphatic heterocycles. The predicted molar refractivity (Wildman–Crippen MR) is 150 cm³/mol.